The second kappa shape index (κ2) is 9.03. The van der Waals surface area contributed by atoms with Crippen molar-refractivity contribution in [1.82, 2.24) is 19.1 Å². The predicted octanol–water partition coefficient (Wildman–Crippen LogP) is 2.30. The number of hydrogen-bond donors (Lipinski definition) is 1. The Bertz CT molecular complexity index is 1420. The molecule has 0 spiro atoms. The Kier molecular flexibility index (Phi) is 6.00. The van der Waals surface area contributed by atoms with Gasteiger partial charge in [-0.15, -0.1) is 0 Å². The molecule has 0 atom stereocenters. The number of pyridine rings is 2. The van der Waals surface area contributed by atoms with Gasteiger partial charge in [0.05, 0.1) is 29.9 Å². The molecule has 10 heteroatoms. The second-order valence-corrected chi connectivity index (χ2v) is 7.26. The van der Waals surface area contributed by atoms with E-state index in [0.717, 1.165) is 4.57 Å². The lowest BCUT2D eigenvalue weighted by Crippen LogP contribution is -2.42. The van der Waals surface area contributed by atoms with E-state index in [2.05, 4.69) is 15.3 Å². The topological polar surface area (TPSA) is 108 Å². The van der Waals surface area contributed by atoms with Gasteiger partial charge in [-0.25, -0.2) is 9.78 Å². The molecule has 0 aliphatic rings. The van der Waals surface area contributed by atoms with Crippen LogP contribution in [-0.2, 0) is 17.9 Å². The lowest BCUT2D eigenvalue weighted by atomic mass is 10.3. The van der Waals surface area contributed by atoms with Crippen LogP contribution in [0.3, 0.4) is 0 Å². The van der Waals surface area contributed by atoms with E-state index in [1.807, 2.05) is 0 Å². The van der Waals surface area contributed by atoms with Crippen molar-refractivity contribution in [2.75, 3.05) is 12.4 Å². The molecule has 0 aliphatic carbocycles. The monoisotopic (exact) mass is 451 g/mol. The van der Waals surface area contributed by atoms with Crippen molar-refractivity contribution in [1.29, 1.82) is 0 Å². The predicted molar refractivity (Wildman–Crippen MR) is 120 cm³/mol. The third-order valence-corrected chi connectivity index (χ3v) is 5.07. The highest BCUT2D eigenvalue weighted by Gasteiger charge is 2.17. The van der Waals surface area contributed by atoms with Gasteiger partial charge in [-0.2, -0.15) is 0 Å². The standard InChI is InChI=1S/C22H18ClN5O4/c1-32-18-8-7-14(11-16(18)23)26-19(29)13-27-17-6-4-10-25-20(17)21(30)28(22(27)31)12-15-5-2-3-9-24-15/h2-11H,12-13H2,1H3,(H,26,29). The smallest absolute Gasteiger partial charge is 0.332 e. The number of amides is 1. The fourth-order valence-electron chi connectivity index (χ4n) is 3.28. The van der Waals surface area contributed by atoms with Crippen LogP contribution in [0.25, 0.3) is 11.0 Å². The van der Waals surface area contributed by atoms with Crippen LogP contribution in [0.15, 0.2) is 70.5 Å². The highest BCUT2D eigenvalue weighted by Crippen LogP contribution is 2.27. The number of ether oxygens (including phenoxy) is 1. The summed E-state index contributed by atoms with van der Waals surface area (Å²) in [5, 5.41) is 3.03. The minimum absolute atomic E-state index is 0.0409. The molecule has 1 amide bonds. The molecule has 0 radical (unpaired) electrons. The van der Waals surface area contributed by atoms with E-state index in [1.165, 1.54) is 17.9 Å². The largest absolute Gasteiger partial charge is 0.495 e. The minimum atomic E-state index is -0.635. The van der Waals surface area contributed by atoms with Crippen molar-refractivity contribution in [3.8, 4) is 5.75 Å². The average Bonchev–Trinajstić information content (AvgIpc) is 2.80. The highest BCUT2D eigenvalue weighted by atomic mass is 35.5. The third-order valence-electron chi connectivity index (χ3n) is 4.77. The number of rotatable bonds is 6. The number of aromatic nitrogens is 4. The Morgan fingerprint density at radius 2 is 1.88 bits per heavy atom. The first-order valence-corrected chi connectivity index (χ1v) is 9.97. The number of halogens is 1. The van der Waals surface area contributed by atoms with Crippen molar-refractivity contribution in [2.24, 2.45) is 0 Å². The van der Waals surface area contributed by atoms with Crippen LogP contribution in [0.5, 0.6) is 5.75 Å². The number of nitrogens with one attached hydrogen (secondary N) is 1. The van der Waals surface area contributed by atoms with Gasteiger partial charge in [0, 0.05) is 18.1 Å². The normalized spacial score (nSPS) is 10.8. The van der Waals surface area contributed by atoms with E-state index in [4.69, 9.17) is 16.3 Å². The van der Waals surface area contributed by atoms with Crippen LogP contribution in [0.4, 0.5) is 5.69 Å². The summed E-state index contributed by atoms with van der Waals surface area (Å²) in [6.45, 7) is -0.367. The number of fused-ring (bicyclic) bond motifs is 1. The van der Waals surface area contributed by atoms with E-state index in [1.54, 1.807) is 54.7 Å². The van der Waals surface area contributed by atoms with Gasteiger partial charge in [0.15, 0.2) is 5.52 Å². The van der Waals surface area contributed by atoms with Crippen molar-refractivity contribution in [3.05, 3.63) is 92.5 Å². The molecule has 9 nitrogen and oxygen atoms in total. The molecule has 0 fully saturated rings. The summed E-state index contributed by atoms with van der Waals surface area (Å²) in [5.74, 6) is 0.000994. The number of carbonyl (C=O) groups excluding carboxylic acids is 1. The number of anilines is 1. The number of methoxy groups -OCH3 is 1. The van der Waals surface area contributed by atoms with Crippen molar-refractivity contribution in [2.45, 2.75) is 13.1 Å². The van der Waals surface area contributed by atoms with E-state index in [0.29, 0.717) is 22.2 Å². The van der Waals surface area contributed by atoms with E-state index in [9.17, 15) is 14.4 Å². The van der Waals surface area contributed by atoms with Crippen LogP contribution < -0.4 is 21.3 Å². The lowest BCUT2D eigenvalue weighted by molar-refractivity contribution is -0.116. The zero-order valence-electron chi connectivity index (χ0n) is 17.0. The summed E-state index contributed by atoms with van der Waals surface area (Å²) in [7, 11) is 1.49. The van der Waals surface area contributed by atoms with Crippen molar-refractivity contribution in [3.63, 3.8) is 0 Å². The van der Waals surface area contributed by atoms with Crippen LogP contribution in [-0.4, -0.2) is 32.1 Å². The highest BCUT2D eigenvalue weighted by molar-refractivity contribution is 6.32. The van der Waals surface area contributed by atoms with Crippen LogP contribution in [0, 0.1) is 0 Å². The molecule has 1 aromatic carbocycles. The van der Waals surface area contributed by atoms with Gasteiger partial charge in [0.2, 0.25) is 5.91 Å². The second-order valence-electron chi connectivity index (χ2n) is 6.85. The summed E-state index contributed by atoms with van der Waals surface area (Å²) in [5.41, 5.74) is 0.147. The van der Waals surface area contributed by atoms with Gasteiger partial charge in [-0.3, -0.25) is 23.7 Å². The van der Waals surface area contributed by atoms with Crippen molar-refractivity contribution < 1.29 is 9.53 Å². The fourth-order valence-corrected chi connectivity index (χ4v) is 3.53. The molecule has 1 N–H and O–H groups in total. The van der Waals surface area contributed by atoms with Crippen LogP contribution >= 0.6 is 11.6 Å². The maximum Gasteiger partial charge on any atom is 0.332 e. The summed E-state index contributed by atoms with van der Waals surface area (Å²) in [4.78, 5) is 47.1. The zero-order chi connectivity index (χ0) is 22.7. The minimum Gasteiger partial charge on any atom is -0.495 e. The summed E-state index contributed by atoms with van der Waals surface area (Å²) < 4.78 is 7.34. The van der Waals surface area contributed by atoms with E-state index < -0.39 is 17.2 Å². The van der Waals surface area contributed by atoms with Gasteiger partial charge in [-0.05, 0) is 42.5 Å². The molecule has 32 heavy (non-hydrogen) atoms. The molecule has 4 rings (SSSR count). The summed E-state index contributed by atoms with van der Waals surface area (Å²) in [6, 6.07) is 13.2. The van der Waals surface area contributed by atoms with Crippen LogP contribution in [0.1, 0.15) is 5.69 Å². The zero-order valence-corrected chi connectivity index (χ0v) is 17.7. The maximum atomic E-state index is 13.2. The number of nitrogens with zero attached hydrogens (tertiary/aromatic N) is 4. The molecule has 3 aromatic heterocycles. The Balaban J connectivity index is 1.71. The van der Waals surface area contributed by atoms with Crippen molar-refractivity contribution >= 4 is 34.2 Å². The molecule has 0 bridgehead atoms. The van der Waals surface area contributed by atoms with Crippen LogP contribution in [0.2, 0.25) is 5.02 Å². The number of benzene rings is 1. The quantitative estimate of drug-likeness (QED) is 0.482. The molecule has 0 saturated heterocycles. The van der Waals surface area contributed by atoms with Gasteiger partial charge in [0.25, 0.3) is 5.56 Å². The first kappa shape index (κ1) is 21.3. The third kappa shape index (κ3) is 4.23. The van der Waals surface area contributed by atoms with Gasteiger partial charge in [-0.1, -0.05) is 17.7 Å². The molecule has 0 aliphatic heterocycles. The van der Waals surface area contributed by atoms with Gasteiger partial charge in [0.1, 0.15) is 12.3 Å². The first-order chi connectivity index (χ1) is 15.5. The van der Waals surface area contributed by atoms with E-state index in [-0.39, 0.29) is 24.1 Å². The maximum absolute atomic E-state index is 13.2. The molecule has 0 unspecified atom stereocenters. The Hall–Kier alpha value is -3.98. The van der Waals surface area contributed by atoms with Gasteiger partial charge < -0.3 is 10.1 Å². The Labute approximate surface area is 186 Å². The summed E-state index contributed by atoms with van der Waals surface area (Å²) >= 11 is 6.11. The number of hydrogen-bond acceptors (Lipinski definition) is 6. The molecule has 4 aromatic rings. The molecular weight excluding hydrogens is 434 g/mol. The average molecular weight is 452 g/mol. The number of carbonyl (C=O) groups is 1. The Morgan fingerprint density at radius 3 is 2.59 bits per heavy atom. The summed E-state index contributed by atoms with van der Waals surface area (Å²) in [6.07, 6.45) is 3.04. The fraction of sp³-hybridized carbons (Fsp3) is 0.136. The molecule has 3 heterocycles. The SMILES string of the molecule is COc1ccc(NC(=O)Cn2c(=O)n(Cc3ccccn3)c(=O)c3ncccc32)cc1Cl. The molecule has 0 saturated carbocycles. The molecule has 162 valence electrons. The van der Waals surface area contributed by atoms with Gasteiger partial charge >= 0.3 is 5.69 Å². The van der Waals surface area contributed by atoms with E-state index >= 15 is 0 Å². The Morgan fingerprint density at radius 1 is 1.06 bits per heavy atom. The lowest BCUT2D eigenvalue weighted by Gasteiger charge is -2.14. The molecular formula is C22H18ClN5O4. The first-order valence-electron chi connectivity index (χ1n) is 9.59.